The molecule has 84 valence electrons. The van der Waals surface area contributed by atoms with Crippen LogP contribution in [0.4, 0.5) is 0 Å². The highest BCUT2D eigenvalue weighted by molar-refractivity contribution is 6.18. The second-order valence-electron chi connectivity index (χ2n) is 5.06. The van der Waals surface area contributed by atoms with E-state index in [1.807, 2.05) is 0 Å². The highest BCUT2D eigenvalue weighted by Gasteiger charge is 2.31. The van der Waals surface area contributed by atoms with Crippen LogP contribution in [0.25, 0.3) is 0 Å². The summed E-state index contributed by atoms with van der Waals surface area (Å²) in [4.78, 5) is 0. The first kappa shape index (κ1) is 12.3. The number of hydrogen-bond donors (Lipinski definition) is 1. The molecule has 3 heteroatoms. The number of likely N-dealkylation sites (N-methyl/N-ethyl adjacent to an activating group) is 1. The Morgan fingerprint density at radius 3 is 2.36 bits per heavy atom. The van der Waals surface area contributed by atoms with E-state index in [0.717, 1.165) is 17.1 Å². The summed E-state index contributed by atoms with van der Waals surface area (Å²) >= 11 is 5.64. The van der Waals surface area contributed by atoms with E-state index in [1.165, 1.54) is 32.1 Å². The number of alkyl halides is 1. The van der Waals surface area contributed by atoms with Gasteiger partial charge in [-0.05, 0) is 25.7 Å². The predicted octanol–water partition coefficient (Wildman–Crippen LogP) is 2.00. The van der Waals surface area contributed by atoms with Crippen LogP contribution in [0, 0.1) is 0 Å². The van der Waals surface area contributed by atoms with Crippen LogP contribution in [-0.2, 0) is 0 Å². The van der Waals surface area contributed by atoms with E-state index < -0.39 is 0 Å². The first-order valence-electron chi connectivity index (χ1n) is 5.63. The van der Waals surface area contributed by atoms with Crippen LogP contribution in [0.5, 0.6) is 0 Å². The topological polar surface area (TPSA) is 20.2 Å². The van der Waals surface area contributed by atoms with Gasteiger partial charge in [-0.3, -0.25) is 0 Å². The highest BCUT2D eigenvalue weighted by Crippen LogP contribution is 2.25. The molecule has 0 aromatic rings. The van der Waals surface area contributed by atoms with Gasteiger partial charge in [0.25, 0.3) is 0 Å². The monoisotopic (exact) mass is 220 g/mol. The van der Waals surface area contributed by atoms with Crippen molar-refractivity contribution in [2.24, 2.45) is 0 Å². The lowest BCUT2D eigenvalue weighted by Crippen LogP contribution is -2.53. The van der Waals surface area contributed by atoms with Gasteiger partial charge >= 0.3 is 0 Å². The van der Waals surface area contributed by atoms with Gasteiger partial charge in [-0.15, -0.1) is 11.6 Å². The molecule has 1 aliphatic carbocycles. The third-order valence-corrected chi connectivity index (χ3v) is 3.78. The van der Waals surface area contributed by atoms with Gasteiger partial charge < -0.3 is 9.59 Å². The largest absolute Gasteiger partial charge is 0.386 e. The number of quaternary nitrogens is 1. The van der Waals surface area contributed by atoms with Gasteiger partial charge in [-0.2, -0.15) is 0 Å². The summed E-state index contributed by atoms with van der Waals surface area (Å²) < 4.78 is 0.924. The van der Waals surface area contributed by atoms with Gasteiger partial charge in [0, 0.05) is 0 Å². The van der Waals surface area contributed by atoms with Crippen LogP contribution in [-0.4, -0.2) is 48.3 Å². The maximum Gasteiger partial charge on any atom is 0.116 e. The number of halogens is 1. The van der Waals surface area contributed by atoms with Crippen molar-refractivity contribution < 1.29 is 9.59 Å². The van der Waals surface area contributed by atoms with Crippen molar-refractivity contribution in [1.29, 1.82) is 0 Å². The summed E-state index contributed by atoms with van der Waals surface area (Å²) in [5.41, 5.74) is 0. The van der Waals surface area contributed by atoms with Crippen molar-refractivity contribution in [2.75, 3.05) is 26.5 Å². The average molecular weight is 221 g/mol. The lowest BCUT2D eigenvalue weighted by molar-refractivity contribution is -0.919. The molecule has 0 saturated heterocycles. The molecule has 1 unspecified atom stereocenters. The second kappa shape index (κ2) is 5.34. The van der Waals surface area contributed by atoms with Crippen molar-refractivity contribution in [2.45, 2.75) is 44.2 Å². The molecule has 0 aromatic heterocycles. The molecule has 0 bridgehead atoms. The molecule has 0 aromatic carbocycles. The van der Waals surface area contributed by atoms with E-state index in [9.17, 15) is 5.11 Å². The molecule has 0 amide bonds. The molecule has 1 aliphatic rings. The van der Waals surface area contributed by atoms with Crippen molar-refractivity contribution in [3.63, 3.8) is 0 Å². The zero-order chi connectivity index (χ0) is 10.6. The second-order valence-corrected chi connectivity index (χ2v) is 5.37. The maximum absolute atomic E-state index is 9.58. The number of rotatable bonds is 4. The molecule has 0 radical (unpaired) electrons. The Bertz CT molecular complexity index is 167. The van der Waals surface area contributed by atoms with Gasteiger partial charge in [-0.1, -0.05) is 6.42 Å². The summed E-state index contributed by atoms with van der Waals surface area (Å²) in [5.74, 6) is 0.356. The summed E-state index contributed by atoms with van der Waals surface area (Å²) in [5, 5.41) is 9.58. The molecule has 0 aliphatic heterocycles. The molecule has 1 atom stereocenters. The lowest BCUT2D eigenvalue weighted by Gasteiger charge is -2.41. The number of aliphatic hydroxyl groups is 1. The zero-order valence-electron chi connectivity index (χ0n) is 9.38. The molecule has 1 fully saturated rings. The first-order valence-corrected chi connectivity index (χ1v) is 6.16. The third-order valence-electron chi connectivity index (χ3n) is 3.42. The van der Waals surface area contributed by atoms with Crippen LogP contribution in [0.15, 0.2) is 0 Å². The summed E-state index contributed by atoms with van der Waals surface area (Å²) in [6.45, 7) is 0.786. The van der Waals surface area contributed by atoms with Gasteiger partial charge in [0.05, 0.1) is 26.0 Å². The Balaban J connectivity index is 2.45. The van der Waals surface area contributed by atoms with Crippen molar-refractivity contribution in [3.8, 4) is 0 Å². The zero-order valence-corrected chi connectivity index (χ0v) is 10.1. The Morgan fingerprint density at radius 1 is 1.29 bits per heavy atom. The highest BCUT2D eigenvalue weighted by atomic mass is 35.5. The van der Waals surface area contributed by atoms with E-state index in [4.69, 9.17) is 11.6 Å². The SMILES string of the molecule is C[N+](C)(CC(O)CCl)C1CCCCC1. The molecule has 1 N–H and O–H groups in total. The van der Waals surface area contributed by atoms with Gasteiger partial charge in [0.2, 0.25) is 0 Å². The van der Waals surface area contributed by atoms with E-state index in [1.54, 1.807) is 0 Å². The van der Waals surface area contributed by atoms with Gasteiger partial charge in [0.1, 0.15) is 12.6 Å². The minimum atomic E-state index is -0.353. The standard InChI is InChI=1S/C11H23ClNO/c1-13(2,9-11(14)8-12)10-6-4-3-5-7-10/h10-11,14H,3-9H2,1-2H3/q+1. The Hall–Kier alpha value is 0.210. The molecular weight excluding hydrogens is 198 g/mol. The normalized spacial score (nSPS) is 22.3. The van der Waals surface area contributed by atoms with Gasteiger partial charge in [-0.25, -0.2) is 0 Å². The molecule has 1 rings (SSSR count). The van der Waals surface area contributed by atoms with Crippen molar-refractivity contribution in [3.05, 3.63) is 0 Å². The fourth-order valence-electron chi connectivity index (χ4n) is 2.52. The number of hydrogen-bond acceptors (Lipinski definition) is 1. The van der Waals surface area contributed by atoms with Crippen LogP contribution in [0.1, 0.15) is 32.1 Å². The molecular formula is C11H23ClNO+. The molecule has 14 heavy (non-hydrogen) atoms. The van der Waals surface area contributed by atoms with Crippen LogP contribution in [0.2, 0.25) is 0 Å². The number of aliphatic hydroxyl groups excluding tert-OH is 1. The Morgan fingerprint density at radius 2 is 1.86 bits per heavy atom. The molecule has 1 saturated carbocycles. The fourth-order valence-corrected chi connectivity index (χ4v) is 2.62. The van der Waals surface area contributed by atoms with E-state index in [2.05, 4.69) is 14.1 Å². The van der Waals surface area contributed by atoms with Crippen LogP contribution in [0.3, 0.4) is 0 Å². The van der Waals surface area contributed by atoms with Gasteiger partial charge in [0.15, 0.2) is 0 Å². The Labute approximate surface area is 92.5 Å². The minimum absolute atomic E-state index is 0.353. The van der Waals surface area contributed by atoms with E-state index in [0.29, 0.717) is 5.88 Å². The number of nitrogens with zero attached hydrogens (tertiary/aromatic N) is 1. The summed E-state index contributed by atoms with van der Waals surface area (Å²) in [6, 6.07) is 0.724. The van der Waals surface area contributed by atoms with Crippen molar-refractivity contribution >= 4 is 11.6 Å². The molecule has 2 nitrogen and oxygen atoms in total. The first-order chi connectivity index (χ1) is 6.56. The van der Waals surface area contributed by atoms with Crippen molar-refractivity contribution in [1.82, 2.24) is 0 Å². The maximum atomic E-state index is 9.58. The summed E-state index contributed by atoms with van der Waals surface area (Å²) in [6.07, 6.45) is 6.35. The minimum Gasteiger partial charge on any atom is -0.386 e. The van der Waals surface area contributed by atoms with E-state index in [-0.39, 0.29) is 6.10 Å². The van der Waals surface area contributed by atoms with Crippen LogP contribution >= 0.6 is 11.6 Å². The Kier molecular flexibility index (Phi) is 4.68. The quantitative estimate of drug-likeness (QED) is 0.568. The average Bonchev–Trinajstić information content (AvgIpc) is 2.18. The molecule has 0 spiro atoms. The fraction of sp³-hybridized carbons (Fsp3) is 1.00. The van der Waals surface area contributed by atoms with E-state index >= 15 is 0 Å². The van der Waals surface area contributed by atoms with Crippen LogP contribution < -0.4 is 0 Å². The third kappa shape index (κ3) is 3.41. The smallest absolute Gasteiger partial charge is 0.116 e. The molecule has 0 heterocycles. The lowest BCUT2D eigenvalue weighted by atomic mass is 9.93. The summed E-state index contributed by atoms with van der Waals surface area (Å²) in [7, 11) is 4.43. The predicted molar refractivity (Wildman–Crippen MR) is 60.6 cm³/mol.